The van der Waals surface area contributed by atoms with Crippen LogP contribution in [0.25, 0.3) is 11.0 Å². The minimum absolute atomic E-state index is 0.0325. The molecule has 0 unspecified atom stereocenters. The molecule has 4 aromatic rings. The fourth-order valence-corrected chi connectivity index (χ4v) is 3.27. The van der Waals surface area contributed by atoms with Crippen LogP contribution < -0.4 is 5.32 Å². The van der Waals surface area contributed by atoms with Gasteiger partial charge in [-0.05, 0) is 50.1 Å². The number of carbonyl (C=O) groups is 1. The number of nitrogens with one attached hydrogen (secondary N) is 1. The molecule has 3 aromatic heterocycles. The van der Waals surface area contributed by atoms with E-state index in [0.717, 1.165) is 28.8 Å². The third kappa shape index (κ3) is 3.78. The minimum Gasteiger partial charge on any atom is -0.359 e. The number of aromatic nitrogens is 4. The van der Waals surface area contributed by atoms with Crippen molar-refractivity contribution in [1.29, 1.82) is 0 Å². The molecule has 4 rings (SSSR count). The summed E-state index contributed by atoms with van der Waals surface area (Å²) in [5.41, 5.74) is 3.35. The molecule has 142 valence electrons. The molecule has 28 heavy (non-hydrogen) atoms. The average molecular weight is 375 g/mol. The zero-order valence-corrected chi connectivity index (χ0v) is 15.8. The monoisotopic (exact) mass is 375 g/mol. The molecule has 1 atom stereocenters. The van der Waals surface area contributed by atoms with Gasteiger partial charge >= 0.3 is 0 Å². The van der Waals surface area contributed by atoms with E-state index in [1.165, 1.54) is 0 Å². The maximum absolute atomic E-state index is 12.5. The Bertz CT molecular complexity index is 1100. The van der Waals surface area contributed by atoms with Crippen molar-refractivity contribution in [1.82, 2.24) is 25.0 Å². The molecule has 1 N–H and O–H groups in total. The Morgan fingerprint density at radius 1 is 1.21 bits per heavy atom. The van der Waals surface area contributed by atoms with Crippen LogP contribution in [0.1, 0.15) is 34.6 Å². The quantitative estimate of drug-likeness (QED) is 0.559. The number of benzene rings is 1. The van der Waals surface area contributed by atoms with Crippen molar-refractivity contribution in [3.8, 4) is 0 Å². The van der Waals surface area contributed by atoms with E-state index in [1.54, 1.807) is 18.5 Å². The lowest BCUT2D eigenvalue weighted by molar-refractivity contribution is 0.0931. The molecule has 0 saturated heterocycles. The number of nitrogens with zero attached hydrogens (tertiary/aromatic N) is 4. The first-order valence-electron chi connectivity index (χ1n) is 9.17. The van der Waals surface area contributed by atoms with Gasteiger partial charge in [0.05, 0.1) is 17.6 Å². The van der Waals surface area contributed by atoms with E-state index >= 15 is 0 Å². The Labute approximate surface area is 162 Å². The molecule has 1 amide bonds. The molecule has 0 bridgehead atoms. The summed E-state index contributed by atoms with van der Waals surface area (Å²) >= 11 is 0. The Balaban J connectivity index is 1.43. The first kappa shape index (κ1) is 17.9. The number of hydrogen-bond donors (Lipinski definition) is 1. The fourth-order valence-electron chi connectivity index (χ4n) is 3.27. The minimum atomic E-state index is -0.247. The van der Waals surface area contributed by atoms with Crippen molar-refractivity contribution in [2.75, 3.05) is 0 Å². The summed E-state index contributed by atoms with van der Waals surface area (Å²) in [4.78, 5) is 21.0. The van der Waals surface area contributed by atoms with E-state index in [9.17, 15) is 4.79 Å². The zero-order valence-electron chi connectivity index (χ0n) is 15.8. The molecule has 0 aliphatic carbocycles. The van der Waals surface area contributed by atoms with Crippen LogP contribution in [0.5, 0.6) is 0 Å². The van der Waals surface area contributed by atoms with Crippen molar-refractivity contribution in [3.63, 3.8) is 0 Å². The Kier molecular flexibility index (Phi) is 4.89. The van der Waals surface area contributed by atoms with Gasteiger partial charge in [0.25, 0.3) is 5.91 Å². The average Bonchev–Trinajstić information content (AvgIpc) is 3.28. The third-order valence-corrected chi connectivity index (χ3v) is 4.62. The van der Waals surface area contributed by atoms with Crippen molar-refractivity contribution in [3.05, 3.63) is 77.7 Å². The molecule has 0 radical (unpaired) electrons. The number of rotatable bonds is 6. The van der Waals surface area contributed by atoms with Gasteiger partial charge < -0.3 is 14.4 Å². The van der Waals surface area contributed by atoms with E-state index in [4.69, 9.17) is 4.52 Å². The van der Waals surface area contributed by atoms with Gasteiger partial charge in [0, 0.05) is 24.5 Å². The second kappa shape index (κ2) is 7.64. The molecule has 3 heterocycles. The van der Waals surface area contributed by atoms with Crippen LogP contribution in [-0.4, -0.2) is 31.6 Å². The molecular weight excluding hydrogens is 354 g/mol. The van der Waals surface area contributed by atoms with Crippen LogP contribution in [0.15, 0.2) is 59.4 Å². The van der Waals surface area contributed by atoms with Gasteiger partial charge in [-0.15, -0.1) is 0 Å². The highest BCUT2D eigenvalue weighted by atomic mass is 16.5. The normalized spacial score (nSPS) is 12.2. The van der Waals surface area contributed by atoms with Crippen LogP contribution in [0.4, 0.5) is 0 Å². The lowest BCUT2D eigenvalue weighted by atomic mass is 10.1. The summed E-state index contributed by atoms with van der Waals surface area (Å²) in [6, 6.07) is 13.5. The van der Waals surface area contributed by atoms with Gasteiger partial charge in [-0.2, -0.15) is 0 Å². The van der Waals surface area contributed by atoms with Gasteiger partial charge in [-0.3, -0.25) is 9.78 Å². The number of carbonyl (C=O) groups excluding carboxylic acids is 1. The summed E-state index contributed by atoms with van der Waals surface area (Å²) in [6.45, 7) is 4.38. The van der Waals surface area contributed by atoms with E-state index in [2.05, 4.69) is 20.4 Å². The second-order valence-corrected chi connectivity index (χ2v) is 6.85. The van der Waals surface area contributed by atoms with Crippen molar-refractivity contribution in [2.24, 2.45) is 0 Å². The molecule has 7 nitrogen and oxygen atoms in total. The zero-order chi connectivity index (χ0) is 19.5. The highest BCUT2D eigenvalue weighted by molar-refractivity contribution is 5.92. The summed E-state index contributed by atoms with van der Waals surface area (Å²) in [5.74, 6) is 1.25. The number of amides is 1. The SMILES string of the molecule is Cc1nc2ccccc2n1Cc1cc(C(=O)N[C@H](C)Cc2ccncc2)no1. The predicted octanol–water partition coefficient (Wildman–Crippen LogP) is 3.14. The fraction of sp³-hybridized carbons (Fsp3) is 0.238. The molecule has 7 heteroatoms. The summed E-state index contributed by atoms with van der Waals surface area (Å²) in [6.07, 6.45) is 4.21. The summed E-state index contributed by atoms with van der Waals surface area (Å²) < 4.78 is 7.44. The number of pyridine rings is 1. The standard InChI is InChI=1S/C21H21N5O2/c1-14(11-16-7-9-22-10-8-16)23-21(27)19-12-17(28-25-19)13-26-15(2)24-18-5-3-4-6-20(18)26/h3-10,12,14H,11,13H2,1-2H3,(H,23,27)/t14-/m1/s1. The lowest BCUT2D eigenvalue weighted by Gasteiger charge is -2.12. The molecule has 0 spiro atoms. The van der Waals surface area contributed by atoms with Gasteiger partial charge in [0.15, 0.2) is 11.5 Å². The van der Waals surface area contributed by atoms with Crippen LogP contribution in [0.2, 0.25) is 0 Å². The lowest BCUT2D eigenvalue weighted by Crippen LogP contribution is -2.34. The van der Waals surface area contributed by atoms with Crippen LogP contribution in [-0.2, 0) is 13.0 Å². The van der Waals surface area contributed by atoms with Crippen molar-refractivity contribution >= 4 is 16.9 Å². The maximum Gasteiger partial charge on any atom is 0.273 e. The molecule has 1 aromatic carbocycles. The smallest absolute Gasteiger partial charge is 0.273 e. The van der Waals surface area contributed by atoms with E-state index < -0.39 is 0 Å². The Morgan fingerprint density at radius 3 is 2.82 bits per heavy atom. The van der Waals surface area contributed by atoms with Gasteiger partial charge in [-0.1, -0.05) is 17.3 Å². The summed E-state index contributed by atoms with van der Waals surface area (Å²) in [5, 5.41) is 6.89. The molecular formula is C21H21N5O2. The van der Waals surface area contributed by atoms with Gasteiger partial charge in [-0.25, -0.2) is 4.98 Å². The van der Waals surface area contributed by atoms with Crippen LogP contribution >= 0.6 is 0 Å². The number of para-hydroxylation sites is 2. The maximum atomic E-state index is 12.5. The number of aryl methyl sites for hydroxylation is 1. The molecule has 0 aliphatic heterocycles. The largest absolute Gasteiger partial charge is 0.359 e. The van der Waals surface area contributed by atoms with Crippen molar-refractivity contribution in [2.45, 2.75) is 32.9 Å². The van der Waals surface area contributed by atoms with Gasteiger partial charge in [0.1, 0.15) is 5.82 Å². The molecule has 0 aliphatic rings. The van der Waals surface area contributed by atoms with Crippen LogP contribution in [0.3, 0.4) is 0 Å². The topological polar surface area (TPSA) is 85.8 Å². The number of imidazole rings is 1. The predicted molar refractivity (Wildman–Crippen MR) is 105 cm³/mol. The Morgan fingerprint density at radius 2 is 2.00 bits per heavy atom. The first-order valence-corrected chi connectivity index (χ1v) is 9.17. The molecule has 0 fully saturated rings. The highest BCUT2D eigenvalue weighted by Gasteiger charge is 2.16. The number of hydrogen-bond acceptors (Lipinski definition) is 5. The van der Waals surface area contributed by atoms with Gasteiger partial charge in [0.2, 0.25) is 0 Å². The highest BCUT2D eigenvalue weighted by Crippen LogP contribution is 2.18. The molecule has 0 saturated carbocycles. The number of fused-ring (bicyclic) bond motifs is 1. The second-order valence-electron chi connectivity index (χ2n) is 6.85. The first-order chi connectivity index (χ1) is 13.6. The third-order valence-electron chi connectivity index (χ3n) is 4.62. The van der Waals surface area contributed by atoms with Crippen molar-refractivity contribution < 1.29 is 9.32 Å². The van der Waals surface area contributed by atoms with E-state index in [1.807, 2.05) is 54.8 Å². The Hall–Kier alpha value is -3.48. The van der Waals surface area contributed by atoms with Crippen LogP contribution in [0, 0.1) is 6.92 Å². The summed E-state index contributed by atoms with van der Waals surface area (Å²) in [7, 11) is 0. The van der Waals surface area contributed by atoms with E-state index in [-0.39, 0.29) is 17.6 Å². The van der Waals surface area contributed by atoms with E-state index in [0.29, 0.717) is 12.3 Å².